The van der Waals surface area contributed by atoms with Crippen molar-refractivity contribution in [3.8, 4) is 0 Å². The first-order valence-corrected chi connectivity index (χ1v) is 8.11. The van der Waals surface area contributed by atoms with Crippen molar-refractivity contribution in [2.45, 2.75) is 70.5 Å². The van der Waals surface area contributed by atoms with E-state index in [4.69, 9.17) is 4.74 Å². The van der Waals surface area contributed by atoms with Crippen molar-refractivity contribution in [3.05, 3.63) is 0 Å². The van der Waals surface area contributed by atoms with Gasteiger partial charge in [-0.2, -0.15) is 0 Å². The van der Waals surface area contributed by atoms with Gasteiger partial charge in [-0.15, -0.1) is 0 Å². The number of carbonyl (C=O) groups is 1. The first kappa shape index (κ1) is 17.6. The number of alkyl halides is 2. The maximum Gasteiger partial charge on any atom is 0.248 e. The van der Waals surface area contributed by atoms with Crippen molar-refractivity contribution in [2.75, 3.05) is 13.2 Å². The summed E-state index contributed by atoms with van der Waals surface area (Å²) >= 11 is 0. The molecule has 2 saturated carbocycles. The average Bonchev–Trinajstić information content (AvgIpc) is 2.44. The van der Waals surface area contributed by atoms with E-state index in [1.807, 2.05) is 20.8 Å². The average molecular weight is 319 g/mol. The number of halogens is 2. The molecule has 0 saturated heterocycles. The molecule has 4 nitrogen and oxygen atoms in total. The Morgan fingerprint density at radius 2 is 1.91 bits per heavy atom. The van der Waals surface area contributed by atoms with E-state index in [1.165, 1.54) is 0 Å². The number of aliphatic hydroxyl groups is 1. The minimum absolute atomic E-state index is 0.0206. The van der Waals surface area contributed by atoms with Crippen molar-refractivity contribution in [1.29, 1.82) is 0 Å². The van der Waals surface area contributed by atoms with E-state index in [1.54, 1.807) is 0 Å². The van der Waals surface area contributed by atoms with E-state index >= 15 is 0 Å². The molecule has 0 radical (unpaired) electrons. The molecular weight excluding hydrogens is 292 g/mol. The lowest BCUT2D eigenvalue weighted by atomic mass is 9.56. The van der Waals surface area contributed by atoms with E-state index in [0.29, 0.717) is 13.0 Å². The van der Waals surface area contributed by atoms with Gasteiger partial charge in [-0.25, -0.2) is 8.78 Å². The second kappa shape index (κ2) is 6.04. The van der Waals surface area contributed by atoms with Crippen molar-refractivity contribution < 1.29 is 23.4 Å². The molecule has 2 rings (SSSR count). The number of hydrogen-bond donors (Lipinski definition) is 2. The summed E-state index contributed by atoms with van der Waals surface area (Å²) in [6.45, 7) is 6.49. The lowest BCUT2D eigenvalue weighted by Crippen LogP contribution is -2.69. The standard InChI is InChI=1S/C16H27F2NO3/c1-4-22-12-9-15(21,14(12,2)3)10-19-13(20)11-5-7-16(17,18)8-6-11/h11-12,21H,4-10H2,1-3H3,(H,19,20)/t12-,15+/m1/s1. The Balaban J connectivity index is 1.82. The summed E-state index contributed by atoms with van der Waals surface area (Å²) in [5.41, 5.74) is -1.43. The molecule has 2 aliphatic rings. The summed E-state index contributed by atoms with van der Waals surface area (Å²) in [5, 5.41) is 13.4. The molecule has 0 aliphatic heterocycles. The molecule has 0 heterocycles. The minimum atomic E-state index is -2.63. The topological polar surface area (TPSA) is 58.6 Å². The Bertz CT molecular complexity index is 418. The summed E-state index contributed by atoms with van der Waals surface area (Å²) in [6, 6.07) is 0. The first-order chi connectivity index (χ1) is 10.1. The largest absolute Gasteiger partial charge is 0.387 e. The van der Waals surface area contributed by atoms with Crippen LogP contribution in [0.3, 0.4) is 0 Å². The summed E-state index contributed by atoms with van der Waals surface area (Å²) in [7, 11) is 0. The second-order valence-corrected chi connectivity index (χ2v) is 7.25. The van der Waals surface area contributed by atoms with Crippen molar-refractivity contribution in [3.63, 3.8) is 0 Å². The predicted octanol–water partition coefficient (Wildman–Crippen LogP) is 2.49. The Morgan fingerprint density at radius 1 is 1.32 bits per heavy atom. The fourth-order valence-electron chi connectivity index (χ4n) is 3.44. The smallest absolute Gasteiger partial charge is 0.248 e. The third kappa shape index (κ3) is 3.27. The molecule has 0 bridgehead atoms. The zero-order valence-corrected chi connectivity index (χ0v) is 13.6. The molecule has 0 aromatic carbocycles. The fourth-order valence-corrected chi connectivity index (χ4v) is 3.44. The molecule has 2 aliphatic carbocycles. The summed E-state index contributed by atoms with van der Waals surface area (Å²) in [4.78, 5) is 12.1. The highest BCUT2D eigenvalue weighted by atomic mass is 19.3. The maximum absolute atomic E-state index is 13.1. The van der Waals surface area contributed by atoms with Gasteiger partial charge in [0.2, 0.25) is 11.8 Å². The van der Waals surface area contributed by atoms with Crippen LogP contribution in [-0.4, -0.2) is 41.8 Å². The van der Waals surface area contributed by atoms with E-state index in [0.717, 1.165) is 0 Å². The normalized spacial score (nSPS) is 34.0. The van der Waals surface area contributed by atoms with Crippen molar-refractivity contribution >= 4 is 5.91 Å². The number of carbonyl (C=O) groups excluding carboxylic acids is 1. The monoisotopic (exact) mass is 319 g/mol. The molecule has 2 fully saturated rings. The van der Waals surface area contributed by atoms with Crippen LogP contribution in [0.25, 0.3) is 0 Å². The van der Waals surface area contributed by atoms with Crippen LogP contribution in [0.15, 0.2) is 0 Å². The number of ether oxygens (including phenoxy) is 1. The van der Waals surface area contributed by atoms with Gasteiger partial charge in [0, 0.05) is 43.7 Å². The van der Waals surface area contributed by atoms with Crippen molar-refractivity contribution in [2.24, 2.45) is 11.3 Å². The molecule has 0 unspecified atom stereocenters. The molecular formula is C16H27F2NO3. The molecule has 22 heavy (non-hydrogen) atoms. The van der Waals surface area contributed by atoms with Crippen LogP contribution >= 0.6 is 0 Å². The molecule has 6 heteroatoms. The second-order valence-electron chi connectivity index (χ2n) is 7.25. The number of nitrogens with one attached hydrogen (secondary N) is 1. The molecule has 1 amide bonds. The van der Waals surface area contributed by atoms with Crippen LogP contribution in [0.2, 0.25) is 0 Å². The van der Waals surface area contributed by atoms with Crippen LogP contribution in [-0.2, 0) is 9.53 Å². The van der Waals surface area contributed by atoms with Gasteiger partial charge in [-0.3, -0.25) is 4.79 Å². The Morgan fingerprint density at radius 3 is 2.41 bits per heavy atom. The highest BCUT2D eigenvalue weighted by molar-refractivity contribution is 5.78. The van der Waals surface area contributed by atoms with Crippen LogP contribution in [0.1, 0.15) is 52.9 Å². The van der Waals surface area contributed by atoms with E-state index in [2.05, 4.69) is 5.32 Å². The van der Waals surface area contributed by atoms with Crippen LogP contribution in [0.4, 0.5) is 8.78 Å². The van der Waals surface area contributed by atoms with Gasteiger partial charge >= 0.3 is 0 Å². The molecule has 0 aromatic rings. The predicted molar refractivity (Wildman–Crippen MR) is 78.7 cm³/mol. The molecule has 2 N–H and O–H groups in total. The van der Waals surface area contributed by atoms with Gasteiger partial charge in [-0.05, 0) is 19.8 Å². The summed E-state index contributed by atoms with van der Waals surface area (Å²) in [5.74, 6) is -3.22. The quantitative estimate of drug-likeness (QED) is 0.818. The Kier molecular flexibility index (Phi) is 4.83. The molecule has 0 spiro atoms. The van der Waals surface area contributed by atoms with Gasteiger partial charge in [-0.1, -0.05) is 13.8 Å². The SMILES string of the molecule is CCO[C@@H]1C[C@](O)(CNC(=O)C2CCC(F)(F)CC2)C1(C)C. The number of hydrogen-bond acceptors (Lipinski definition) is 3. The zero-order chi connectivity index (χ0) is 16.6. The molecule has 0 aromatic heterocycles. The number of rotatable bonds is 5. The summed E-state index contributed by atoms with van der Waals surface area (Å²) < 4.78 is 31.8. The third-order valence-corrected chi connectivity index (χ3v) is 5.54. The molecule has 2 atom stereocenters. The van der Waals surface area contributed by atoms with E-state index < -0.39 is 16.9 Å². The Hall–Kier alpha value is -0.750. The van der Waals surface area contributed by atoms with Gasteiger partial charge in [0.25, 0.3) is 0 Å². The van der Waals surface area contributed by atoms with E-state index in [9.17, 15) is 18.7 Å². The zero-order valence-electron chi connectivity index (χ0n) is 13.6. The minimum Gasteiger partial charge on any atom is -0.387 e. The van der Waals surface area contributed by atoms with Crippen molar-refractivity contribution in [1.82, 2.24) is 5.32 Å². The van der Waals surface area contributed by atoms with Crippen LogP contribution < -0.4 is 5.32 Å². The third-order valence-electron chi connectivity index (χ3n) is 5.54. The maximum atomic E-state index is 13.1. The van der Waals surface area contributed by atoms with Crippen LogP contribution in [0, 0.1) is 11.3 Å². The lowest BCUT2D eigenvalue weighted by molar-refractivity contribution is -0.238. The first-order valence-electron chi connectivity index (χ1n) is 8.11. The highest BCUT2D eigenvalue weighted by Gasteiger charge is 2.60. The highest BCUT2D eigenvalue weighted by Crippen LogP contribution is 2.51. The van der Waals surface area contributed by atoms with Gasteiger partial charge in [0.15, 0.2) is 0 Å². The van der Waals surface area contributed by atoms with Gasteiger partial charge < -0.3 is 15.2 Å². The summed E-state index contributed by atoms with van der Waals surface area (Å²) in [6.07, 6.45) is 0.426. The van der Waals surface area contributed by atoms with Gasteiger partial charge in [0.1, 0.15) is 0 Å². The fraction of sp³-hybridized carbons (Fsp3) is 0.938. The van der Waals surface area contributed by atoms with Crippen LogP contribution in [0.5, 0.6) is 0 Å². The Labute approximate surface area is 130 Å². The lowest BCUT2D eigenvalue weighted by Gasteiger charge is -2.58. The number of amides is 1. The van der Waals surface area contributed by atoms with E-state index in [-0.39, 0.29) is 50.2 Å². The van der Waals surface area contributed by atoms with Gasteiger partial charge in [0.05, 0.1) is 11.7 Å². The molecule has 128 valence electrons.